The van der Waals surface area contributed by atoms with E-state index in [4.69, 9.17) is 9.47 Å². The summed E-state index contributed by atoms with van der Waals surface area (Å²) in [6, 6.07) is 0. The molecule has 2 saturated heterocycles. The van der Waals surface area contributed by atoms with Gasteiger partial charge in [-0.05, 0) is 25.7 Å². The average Bonchev–Trinajstić information content (AvgIpc) is 2.67. The molecule has 0 aromatic carbocycles. The minimum Gasteiger partial charge on any atom is -0.381 e. The number of hydrogen-bond donors (Lipinski definition) is 0. The standard InChI is InChI=1S/2C4H8O.2BH3.Ca/c2*1-2-4-5-3-1;;;/h2*1-4H2;2*1H3;/q;;2*-1;+2. The van der Waals surface area contributed by atoms with Crippen LogP contribution in [0.2, 0.25) is 0 Å². The third-order valence-corrected chi connectivity index (χ3v) is 1.65. The van der Waals surface area contributed by atoms with Gasteiger partial charge in [0.2, 0.25) is 0 Å². The van der Waals surface area contributed by atoms with Gasteiger partial charge in [0.25, 0.3) is 0 Å². The van der Waals surface area contributed by atoms with E-state index < -0.39 is 0 Å². The van der Waals surface area contributed by atoms with Crippen LogP contribution in [0.5, 0.6) is 0 Å². The summed E-state index contributed by atoms with van der Waals surface area (Å²) in [6.07, 6.45) is 5.11. The quantitative estimate of drug-likeness (QED) is 0.472. The zero-order valence-corrected chi connectivity index (χ0v) is 9.39. The van der Waals surface area contributed by atoms with Crippen LogP contribution in [0.1, 0.15) is 25.7 Å². The summed E-state index contributed by atoms with van der Waals surface area (Å²) in [5.74, 6) is 0. The Bertz CT molecular complexity index is 53.3. The zero-order chi connectivity index (χ0) is 7.07. The molecule has 0 spiro atoms. The van der Waals surface area contributed by atoms with Gasteiger partial charge in [-0.3, -0.25) is 0 Å². The van der Waals surface area contributed by atoms with Gasteiger partial charge in [0, 0.05) is 26.4 Å². The maximum Gasteiger partial charge on any atom is 2.00 e. The van der Waals surface area contributed by atoms with E-state index in [1.54, 1.807) is 0 Å². The summed E-state index contributed by atoms with van der Waals surface area (Å²) in [6.45, 7) is 4.00. The molecule has 2 fully saturated rings. The molecule has 0 aliphatic carbocycles. The molecule has 2 aliphatic heterocycles. The molecule has 2 nitrogen and oxygen atoms in total. The smallest absolute Gasteiger partial charge is 0.381 e. The van der Waals surface area contributed by atoms with Crippen LogP contribution in [0.4, 0.5) is 0 Å². The summed E-state index contributed by atoms with van der Waals surface area (Å²) in [5.41, 5.74) is 0. The predicted molar refractivity (Wildman–Crippen MR) is 65.7 cm³/mol. The fraction of sp³-hybridized carbons (Fsp3) is 1.00. The first-order valence-electron chi connectivity index (χ1n) is 4.15. The summed E-state index contributed by atoms with van der Waals surface area (Å²) in [5, 5.41) is 0. The molecule has 0 amide bonds. The average molecular weight is 212 g/mol. The summed E-state index contributed by atoms with van der Waals surface area (Å²) < 4.78 is 9.89. The second kappa shape index (κ2) is 15.8. The monoisotopic (exact) mass is 212 g/mol. The second-order valence-corrected chi connectivity index (χ2v) is 2.64. The van der Waals surface area contributed by atoms with Gasteiger partial charge in [-0.2, -0.15) is 16.8 Å². The molecule has 2 aliphatic rings. The van der Waals surface area contributed by atoms with Crippen LogP contribution < -0.4 is 0 Å². The van der Waals surface area contributed by atoms with Crippen molar-refractivity contribution < 1.29 is 9.47 Å². The molecule has 0 unspecified atom stereocenters. The first kappa shape index (κ1) is 19.8. The van der Waals surface area contributed by atoms with Crippen LogP contribution in [0.3, 0.4) is 0 Å². The normalized spacial score (nSPS) is 18.5. The first-order valence-corrected chi connectivity index (χ1v) is 4.15. The van der Waals surface area contributed by atoms with Gasteiger partial charge in [-0.1, -0.05) is 0 Å². The molecule has 0 N–H and O–H groups in total. The van der Waals surface area contributed by atoms with E-state index >= 15 is 0 Å². The summed E-state index contributed by atoms with van der Waals surface area (Å²) in [7, 11) is 0. The molecular weight excluding hydrogens is 190 g/mol. The third-order valence-electron chi connectivity index (χ3n) is 1.65. The van der Waals surface area contributed by atoms with E-state index in [9.17, 15) is 0 Å². The fourth-order valence-electron chi connectivity index (χ4n) is 1.02. The zero-order valence-electron chi connectivity index (χ0n) is 7.18. The van der Waals surface area contributed by atoms with Crippen molar-refractivity contribution in [2.75, 3.05) is 26.4 Å². The van der Waals surface area contributed by atoms with E-state index in [2.05, 4.69) is 0 Å². The minimum atomic E-state index is 0. The largest absolute Gasteiger partial charge is 2.00 e. The van der Waals surface area contributed by atoms with Crippen molar-refractivity contribution in [3.05, 3.63) is 0 Å². The van der Waals surface area contributed by atoms with E-state index in [-0.39, 0.29) is 54.6 Å². The van der Waals surface area contributed by atoms with Crippen molar-refractivity contribution in [3.63, 3.8) is 0 Å². The SMILES string of the molecule is C1CCOC1.C1CCOC1.[BH3-].[BH3-].[Ca+2]. The number of hydrogen-bond acceptors (Lipinski definition) is 2. The van der Waals surface area contributed by atoms with E-state index in [0.29, 0.717) is 0 Å². The molecule has 0 atom stereocenters. The van der Waals surface area contributed by atoms with Gasteiger partial charge in [0.05, 0.1) is 0 Å². The molecule has 2 heterocycles. The van der Waals surface area contributed by atoms with Gasteiger partial charge in [0.15, 0.2) is 0 Å². The van der Waals surface area contributed by atoms with Crippen LogP contribution >= 0.6 is 0 Å². The van der Waals surface area contributed by atoms with Crippen LogP contribution in [-0.2, 0) is 9.47 Å². The fourth-order valence-corrected chi connectivity index (χ4v) is 1.02. The van der Waals surface area contributed by atoms with E-state index in [1.165, 1.54) is 25.7 Å². The van der Waals surface area contributed by atoms with Crippen molar-refractivity contribution in [1.29, 1.82) is 0 Å². The van der Waals surface area contributed by atoms with E-state index in [1.807, 2.05) is 0 Å². The number of ether oxygens (including phenoxy) is 2. The summed E-state index contributed by atoms with van der Waals surface area (Å²) in [4.78, 5) is 0. The molecule has 0 aromatic rings. The van der Waals surface area contributed by atoms with Crippen LogP contribution in [0.15, 0.2) is 0 Å². The molecular formula is C8H22B2CaO2. The maximum atomic E-state index is 4.94. The molecule has 0 saturated carbocycles. The molecule has 2 radical (unpaired) electrons. The maximum absolute atomic E-state index is 4.94. The van der Waals surface area contributed by atoms with Crippen molar-refractivity contribution in [3.8, 4) is 0 Å². The summed E-state index contributed by atoms with van der Waals surface area (Å²) >= 11 is 0. The van der Waals surface area contributed by atoms with Crippen molar-refractivity contribution in [2.45, 2.75) is 25.7 Å². The van der Waals surface area contributed by atoms with Gasteiger partial charge in [-0.15, -0.1) is 0 Å². The Labute approximate surface area is 115 Å². The predicted octanol–water partition coefficient (Wildman–Crippen LogP) is -1.16. The Balaban J connectivity index is -0.000000125. The van der Waals surface area contributed by atoms with Gasteiger partial charge >= 0.3 is 37.7 Å². The Morgan fingerprint density at radius 1 is 0.538 bits per heavy atom. The second-order valence-electron chi connectivity index (χ2n) is 2.64. The Hall–Kier alpha value is 1.31. The van der Waals surface area contributed by atoms with Crippen molar-refractivity contribution in [2.24, 2.45) is 0 Å². The molecule has 0 aromatic heterocycles. The third kappa shape index (κ3) is 13.3. The van der Waals surface area contributed by atoms with Crippen molar-refractivity contribution >= 4 is 54.6 Å². The molecule has 13 heavy (non-hydrogen) atoms. The Morgan fingerprint density at radius 2 is 0.769 bits per heavy atom. The van der Waals surface area contributed by atoms with E-state index in [0.717, 1.165) is 26.4 Å². The topological polar surface area (TPSA) is 18.5 Å². The first-order chi connectivity index (χ1) is 5.00. The van der Waals surface area contributed by atoms with Gasteiger partial charge in [-0.25, -0.2) is 0 Å². The Kier molecular flexibility index (Phi) is 24.0. The Morgan fingerprint density at radius 3 is 0.846 bits per heavy atom. The molecule has 74 valence electrons. The number of rotatable bonds is 0. The molecule has 2 rings (SSSR count). The van der Waals surface area contributed by atoms with Crippen LogP contribution in [-0.4, -0.2) is 81.0 Å². The van der Waals surface area contributed by atoms with Gasteiger partial charge < -0.3 is 9.47 Å². The molecule has 5 heteroatoms. The van der Waals surface area contributed by atoms with Crippen molar-refractivity contribution in [1.82, 2.24) is 0 Å². The molecule has 0 bridgehead atoms. The van der Waals surface area contributed by atoms with Gasteiger partial charge in [0.1, 0.15) is 0 Å². The minimum absolute atomic E-state index is 0. The van der Waals surface area contributed by atoms with Crippen LogP contribution in [0.25, 0.3) is 0 Å². The van der Waals surface area contributed by atoms with Crippen LogP contribution in [0, 0.1) is 0 Å².